The van der Waals surface area contributed by atoms with E-state index in [4.69, 9.17) is 23.2 Å². The second-order valence-electron chi connectivity index (χ2n) is 3.93. The topological polar surface area (TPSA) is 25.8 Å². The quantitative estimate of drug-likeness (QED) is 0.736. The summed E-state index contributed by atoms with van der Waals surface area (Å²) in [6, 6.07) is 1.85. The lowest BCUT2D eigenvalue weighted by atomic mass is 9.92. The Morgan fingerprint density at radius 2 is 2.07 bits per heavy atom. The molecule has 0 spiro atoms. The van der Waals surface area contributed by atoms with Crippen LogP contribution in [0.5, 0.6) is 0 Å². The van der Waals surface area contributed by atoms with Gasteiger partial charge in [0.15, 0.2) is 10.3 Å². The van der Waals surface area contributed by atoms with Crippen molar-refractivity contribution in [3.8, 4) is 0 Å². The lowest BCUT2D eigenvalue weighted by Crippen LogP contribution is -2.04. The summed E-state index contributed by atoms with van der Waals surface area (Å²) in [5.74, 6) is 1.18. The average Bonchev–Trinajstić information content (AvgIpc) is 2.56. The van der Waals surface area contributed by atoms with Gasteiger partial charge >= 0.3 is 0 Å². The van der Waals surface area contributed by atoms with Gasteiger partial charge in [-0.1, -0.05) is 43.0 Å². The number of halogens is 2. The van der Waals surface area contributed by atoms with Crippen LogP contribution in [0.15, 0.2) is 6.07 Å². The molecule has 14 heavy (non-hydrogen) atoms. The fourth-order valence-corrected chi connectivity index (χ4v) is 2.62. The molecule has 2 unspecified atom stereocenters. The molecule has 4 heteroatoms. The summed E-state index contributed by atoms with van der Waals surface area (Å²) in [7, 11) is 0. The van der Waals surface area contributed by atoms with E-state index in [1.54, 1.807) is 0 Å². The molecule has 2 rings (SSSR count). The molecule has 1 aliphatic carbocycles. The molecule has 0 N–H and O–H groups in total. The van der Waals surface area contributed by atoms with Gasteiger partial charge in [-0.2, -0.15) is 0 Å². The van der Waals surface area contributed by atoms with E-state index in [9.17, 15) is 0 Å². The van der Waals surface area contributed by atoms with E-state index < -0.39 is 0 Å². The first-order chi connectivity index (χ1) is 6.68. The number of hydrogen-bond acceptors (Lipinski definition) is 2. The highest BCUT2D eigenvalue weighted by Crippen LogP contribution is 2.41. The smallest absolute Gasteiger partial charge is 0.137 e. The molecule has 0 saturated heterocycles. The van der Waals surface area contributed by atoms with Crippen LogP contribution in [0, 0.1) is 5.92 Å². The van der Waals surface area contributed by atoms with Crippen LogP contribution in [-0.2, 0) is 0 Å². The maximum absolute atomic E-state index is 6.01. The van der Waals surface area contributed by atoms with Crippen LogP contribution in [0.4, 0.5) is 0 Å². The highest BCUT2D eigenvalue weighted by molar-refractivity contribution is 6.31. The molecule has 1 fully saturated rings. The lowest BCUT2D eigenvalue weighted by molar-refractivity contribution is 0.531. The first kappa shape index (κ1) is 10.2. The monoisotopic (exact) mass is 230 g/mol. The normalized spacial score (nSPS) is 26.8. The van der Waals surface area contributed by atoms with Crippen LogP contribution in [0.1, 0.15) is 37.7 Å². The minimum absolute atomic E-state index is 0.434. The minimum atomic E-state index is 0.434. The van der Waals surface area contributed by atoms with Gasteiger partial charge in [-0.3, -0.25) is 0 Å². The Balaban J connectivity index is 2.34. The second kappa shape index (κ2) is 4.03. The molecule has 0 aromatic carbocycles. The Morgan fingerprint density at radius 3 is 2.71 bits per heavy atom. The minimum Gasteiger partial charge on any atom is -0.137 e. The van der Waals surface area contributed by atoms with E-state index >= 15 is 0 Å². The summed E-state index contributed by atoms with van der Waals surface area (Å²) in [6.45, 7) is 2.25. The van der Waals surface area contributed by atoms with Gasteiger partial charge in [0.25, 0.3) is 0 Å². The highest BCUT2D eigenvalue weighted by atomic mass is 35.5. The van der Waals surface area contributed by atoms with Gasteiger partial charge in [-0.15, -0.1) is 10.2 Å². The van der Waals surface area contributed by atoms with Crippen molar-refractivity contribution in [2.45, 2.75) is 32.1 Å². The lowest BCUT2D eigenvalue weighted by Gasteiger charge is -2.16. The standard InChI is InChI=1S/C10H12Cl2N2/c1-6-3-2-4-7(6)8-5-9(11)13-14-10(8)12/h5-7H,2-4H2,1H3. The predicted octanol–water partition coefficient (Wildman–Crippen LogP) is 3.69. The molecule has 0 bridgehead atoms. The molecular formula is C10H12Cl2N2. The third kappa shape index (κ3) is 1.86. The zero-order valence-electron chi connectivity index (χ0n) is 8.00. The van der Waals surface area contributed by atoms with Crippen molar-refractivity contribution in [2.75, 3.05) is 0 Å². The maximum Gasteiger partial charge on any atom is 0.155 e. The molecular weight excluding hydrogens is 219 g/mol. The Labute approximate surface area is 93.6 Å². The first-order valence-electron chi connectivity index (χ1n) is 4.87. The van der Waals surface area contributed by atoms with E-state index in [1.807, 2.05) is 6.07 Å². The summed E-state index contributed by atoms with van der Waals surface area (Å²) in [5, 5.41) is 8.50. The molecule has 0 aliphatic heterocycles. The zero-order valence-corrected chi connectivity index (χ0v) is 9.52. The van der Waals surface area contributed by atoms with E-state index in [1.165, 1.54) is 19.3 Å². The van der Waals surface area contributed by atoms with Gasteiger partial charge in [0.2, 0.25) is 0 Å². The number of nitrogens with zero attached hydrogens (tertiary/aromatic N) is 2. The van der Waals surface area contributed by atoms with E-state index in [-0.39, 0.29) is 0 Å². The second-order valence-corrected chi connectivity index (χ2v) is 4.67. The van der Waals surface area contributed by atoms with Gasteiger partial charge in [0, 0.05) is 0 Å². The Hall–Kier alpha value is -0.340. The summed E-state index contributed by atoms with van der Waals surface area (Å²) in [6.07, 6.45) is 3.71. The van der Waals surface area contributed by atoms with Gasteiger partial charge in [-0.05, 0) is 29.9 Å². The molecule has 76 valence electrons. The van der Waals surface area contributed by atoms with Gasteiger partial charge in [-0.25, -0.2) is 0 Å². The van der Waals surface area contributed by atoms with Crippen molar-refractivity contribution in [1.29, 1.82) is 0 Å². The third-order valence-corrected chi connectivity index (χ3v) is 3.49. The summed E-state index contributed by atoms with van der Waals surface area (Å²) in [5.41, 5.74) is 1.07. The molecule has 0 radical (unpaired) electrons. The van der Waals surface area contributed by atoms with Gasteiger partial charge in [0.05, 0.1) is 0 Å². The van der Waals surface area contributed by atoms with Crippen LogP contribution < -0.4 is 0 Å². The molecule has 0 amide bonds. The van der Waals surface area contributed by atoms with Crippen LogP contribution in [0.3, 0.4) is 0 Å². The molecule has 1 aromatic rings. The SMILES string of the molecule is CC1CCCC1c1cc(Cl)nnc1Cl. The van der Waals surface area contributed by atoms with E-state index in [0.717, 1.165) is 5.56 Å². The van der Waals surface area contributed by atoms with Crippen molar-refractivity contribution in [1.82, 2.24) is 10.2 Å². The molecule has 1 aliphatic rings. The van der Waals surface area contributed by atoms with Crippen molar-refractivity contribution < 1.29 is 0 Å². The number of rotatable bonds is 1. The number of hydrogen-bond donors (Lipinski definition) is 0. The van der Waals surface area contributed by atoms with Crippen LogP contribution >= 0.6 is 23.2 Å². The summed E-state index contributed by atoms with van der Waals surface area (Å²) < 4.78 is 0. The Bertz CT molecular complexity index is 341. The Kier molecular flexibility index (Phi) is 2.93. The van der Waals surface area contributed by atoms with Crippen molar-refractivity contribution in [2.24, 2.45) is 5.92 Å². The van der Waals surface area contributed by atoms with Crippen LogP contribution in [0.25, 0.3) is 0 Å². The van der Waals surface area contributed by atoms with Crippen molar-refractivity contribution in [3.05, 3.63) is 21.9 Å². The van der Waals surface area contributed by atoms with Crippen LogP contribution in [-0.4, -0.2) is 10.2 Å². The summed E-state index contributed by atoms with van der Waals surface area (Å²) in [4.78, 5) is 0. The molecule has 1 heterocycles. The van der Waals surface area contributed by atoms with E-state index in [0.29, 0.717) is 22.1 Å². The zero-order chi connectivity index (χ0) is 10.1. The van der Waals surface area contributed by atoms with E-state index in [2.05, 4.69) is 17.1 Å². The van der Waals surface area contributed by atoms with Crippen LogP contribution in [0.2, 0.25) is 10.3 Å². The molecule has 1 aromatic heterocycles. The fourth-order valence-electron chi connectivity index (χ4n) is 2.23. The average molecular weight is 231 g/mol. The Morgan fingerprint density at radius 1 is 1.29 bits per heavy atom. The van der Waals surface area contributed by atoms with Gasteiger partial charge in [0.1, 0.15) is 0 Å². The number of aromatic nitrogens is 2. The van der Waals surface area contributed by atoms with Crippen molar-refractivity contribution >= 4 is 23.2 Å². The largest absolute Gasteiger partial charge is 0.155 e. The highest BCUT2D eigenvalue weighted by Gasteiger charge is 2.27. The van der Waals surface area contributed by atoms with Crippen molar-refractivity contribution in [3.63, 3.8) is 0 Å². The van der Waals surface area contributed by atoms with Gasteiger partial charge < -0.3 is 0 Å². The fraction of sp³-hybridized carbons (Fsp3) is 0.600. The third-order valence-electron chi connectivity index (χ3n) is 3.01. The molecule has 2 nitrogen and oxygen atoms in total. The summed E-state index contributed by atoms with van der Waals surface area (Å²) >= 11 is 11.8. The molecule has 1 saturated carbocycles. The first-order valence-corrected chi connectivity index (χ1v) is 5.62. The molecule has 2 atom stereocenters. The predicted molar refractivity (Wildman–Crippen MR) is 57.8 cm³/mol. The maximum atomic E-state index is 6.01.